The third kappa shape index (κ3) is 3.42. The summed E-state index contributed by atoms with van der Waals surface area (Å²) in [6.45, 7) is 2.47. The summed E-state index contributed by atoms with van der Waals surface area (Å²) >= 11 is 0. The Kier molecular flexibility index (Phi) is 4.62. The molecule has 0 fully saturated rings. The maximum absolute atomic E-state index is 13.4. The normalized spacial score (nSPS) is 10.3. The molecule has 0 aliphatic rings. The van der Waals surface area contributed by atoms with Crippen LogP contribution < -0.4 is 15.0 Å². The van der Waals surface area contributed by atoms with Gasteiger partial charge in [-0.3, -0.25) is 0 Å². The molecule has 0 saturated heterocycles. The summed E-state index contributed by atoms with van der Waals surface area (Å²) in [5.74, 6) is 0.290. The molecule has 0 amide bonds. The van der Waals surface area contributed by atoms with E-state index in [0.29, 0.717) is 12.4 Å². The number of benzene rings is 1. The lowest BCUT2D eigenvalue weighted by Crippen LogP contribution is -2.14. The van der Waals surface area contributed by atoms with Gasteiger partial charge in [0.05, 0.1) is 12.8 Å². The van der Waals surface area contributed by atoms with E-state index in [4.69, 9.17) is 4.74 Å². The van der Waals surface area contributed by atoms with E-state index in [-0.39, 0.29) is 5.82 Å². The van der Waals surface area contributed by atoms with Crippen LogP contribution in [0.4, 0.5) is 15.8 Å². The number of hydrogen-bond donors (Lipinski definition) is 1. The highest BCUT2D eigenvalue weighted by Crippen LogP contribution is 2.32. The van der Waals surface area contributed by atoms with Crippen LogP contribution in [0, 0.1) is 12.7 Å². The lowest BCUT2D eigenvalue weighted by molar-refractivity contribution is 0.400. The number of nitrogens with one attached hydrogen (secondary N) is 1. The van der Waals surface area contributed by atoms with Crippen molar-refractivity contribution in [2.45, 2.75) is 13.5 Å². The van der Waals surface area contributed by atoms with Crippen LogP contribution in [0.5, 0.6) is 5.88 Å². The van der Waals surface area contributed by atoms with Gasteiger partial charge >= 0.3 is 0 Å². The van der Waals surface area contributed by atoms with Crippen molar-refractivity contribution in [2.24, 2.45) is 0 Å². The maximum Gasteiger partial charge on any atom is 0.239 e. The molecule has 0 aliphatic carbocycles. The van der Waals surface area contributed by atoms with E-state index < -0.39 is 0 Å². The quantitative estimate of drug-likeness (QED) is 0.917. The van der Waals surface area contributed by atoms with Crippen LogP contribution in [0.2, 0.25) is 0 Å². The Morgan fingerprint density at radius 2 is 2.05 bits per heavy atom. The first-order valence-electron chi connectivity index (χ1n) is 6.72. The smallest absolute Gasteiger partial charge is 0.239 e. The standard InChI is InChI=1S/C16H20FN3O/c1-11-5-6-13(17)9-12(11)10-19-15-14(20(2)3)7-8-18-16(15)21-4/h5-9,19H,10H2,1-4H3. The molecule has 1 aromatic heterocycles. The third-order valence-electron chi connectivity index (χ3n) is 3.34. The Morgan fingerprint density at radius 1 is 1.29 bits per heavy atom. The second-order valence-electron chi connectivity index (χ2n) is 5.03. The van der Waals surface area contributed by atoms with Gasteiger partial charge < -0.3 is 15.0 Å². The molecule has 0 aliphatic heterocycles. The van der Waals surface area contributed by atoms with Crippen LogP contribution in [0.3, 0.4) is 0 Å². The van der Waals surface area contributed by atoms with Crippen LogP contribution in [-0.4, -0.2) is 26.2 Å². The number of ether oxygens (including phenoxy) is 1. The monoisotopic (exact) mass is 289 g/mol. The first-order valence-corrected chi connectivity index (χ1v) is 6.72. The number of hydrogen-bond acceptors (Lipinski definition) is 4. The lowest BCUT2D eigenvalue weighted by atomic mass is 10.1. The van der Waals surface area contributed by atoms with Crippen LogP contribution in [0.1, 0.15) is 11.1 Å². The summed E-state index contributed by atoms with van der Waals surface area (Å²) in [5.41, 5.74) is 3.72. The Bertz CT molecular complexity index is 629. The molecule has 4 nitrogen and oxygen atoms in total. The Balaban J connectivity index is 2.29. The van der Waals surface area contributed by atoms with Crippen molar-refractivity contribution in [1.82, 2.24) is 4.98 Å². The molecule has 0 atom stereocenters. The largest absolute Gasteiger partial charge is 0.479 e. The molecule has 0 unspecified atom stereocenters. The number of methoxy groups -OCH3 is 1. The van der Waals surface area contributed by atoms with Gasteiger partial charge in [0.25, 0.3) is 0 Å². The molecular formula is C16H20FN3O. The van der Waals surface area contributed by atoms with Crippen LogP contribution in [0.15, 0.2) is 30.5 Å². The zero-order valence-electron chi connectivity index (χ0n) is 12.8. The minimum absolute atomic E-state index is 0.233. The highest BCUT2D eigenvalue weighted by atomic mass is 19.1. The molecular weight excluding hydrogens is 269 g/mol. The Hall–Kier alpha value is -2.30. The first kappa shape index (κ1) is 15.1. The van der Waals surface area contributed by atoms with Gasteiger partial charge in [0, 0.05) is 26.8 Å². The van der Waals surface area contributed by atoms with Gasteiger partial charge in [-0.25, -0.2) is 9.37 Å². The average Bonchev–Trinajstić information content (AvgIpc) is 2.47. The molecule has 21 heavy (non-hydrogen) atoms. The van der Waals surface area contributed by atoms with E-state index in [1.807, 2.05) is 32.0 Å². The molecule has 1 aromatic carbocycles. The SMILES string of the molecule is COc1nccc(N(C)C)c1NCc1cc(F)ccc1C. The van der Waals surface area contributed by atoms with E-state index in [2.05, 4.69) is 10.3 Å². The summed E-state index contributed by atoms with van der Waals surface area (Å²) < 4.78 is 18.7. The summed E-state index contributed by atoms with van der Waals surface area (Å²) in [6, 6.07) is 6.69. The summed E-state index contributed by atoms with van der Waals surface area (Å²) in [6.07, 6.45) is 1.70. The molecule has 2 rings (SSSR count). The molecule has 0 bridgehead atoms. The first-order chi connectivity index (χ1) is 10.0. The van der Waals surface area contributed by atoms with Gasteiger partial charge in [-0.2, -0.15) is 0 Å². The molecule has 0 radical (unpaired) electrons. The van der Waals surface area contributed by atoms with Gasteiger partial charge in [0.2, 0.25) is 5.88 Å². The second kappa shape index (κ2) is 6.43. The molecule has 112 valence electrons. The number of anilines is 2. The van der Waals surface area contributed by atoms with Crippen molar-refractivity contribution in [3.05, 3.63) is 47.4 Å². The zero-order valence-corrected chi connectivity index (χ0v) is 12.8. The van der Waals surface area contributed by atoms with E-state index in [1.165, 1.54) is 6.07 Å². The van der Waals surface area contributed by atoms with E-state index >= 15 is 0 Å². The number of rotatable bonds is 5. The number of nitrogens with zero attached hydrogens (tertiary/aromatic N) is 2. The number of pyridine rings is 1. The second-order valence-corrected chi connectivity index (χ2v) is 5.03. The summed E-state index contributed by atoms with van der Waals surface area (Å²) in [4.78, 5) is 6.18. The van der Waals surface area contributed by atoms with E-state index in [1.54, 1.807) is 25.4 Å². The van der Waals surface area contributed by atoms with Gasteiger partial charge in [-0.05, 0) is 36.2 Å². The summed E-state index contributed by atoms with van der Waals surface area (Å²) in [7, 11) is 5.49. The fraction of sp³-hybridized carbons (Fsp3) is 0.312. The van der Waals surface area contributed by atoms with Crippen molar-refractivity contribution in [2.75, 3.05) is 31.4 Å². The highest BCUT2D eigenvalue weighted by Gasteiger charge is 2.12. The van der Waals surface area contributed by atoms with Crippen molar-refractivity contribution in [3.63, 3.8) is 0 Å². The predicted octanol–water partition coefficient (Wildman–Crippen LogP) is 3.22. The maximum atomic E-state index is 13.4. The third-order valence-corrected chi connectivity index (χ3v) is 3.34. The van der Waals surface area contributed by atoms with Gasteiger partial charge in [-0.15, -0.1) is 0 Å². The molecule has 0 saturated carbocycles. The highest BCUT2D eigenvalue weighted by molar-refractivity contribution is 5.74. The van der Waals surface area contributed by atoms with Crippen molar-refractivity contribution in [3.8, 4) is 5.88 Å². The topological polar surface area (TPSA) is 37.4 Å². The zero-order chi connectivity index (χ0) is 15.4. The Labute approximate surface area is 124 Å². The van der Waals surface area contributed by atoms with Gasteiger partial charge in [-0.1, -0.05) is 6.07 Å². The van der Waals surface area contributed by atoms with Crippen molar-refractivity contribution in [1.29, 1.82) is 0 Å². The summed E-state index contributed by atoms with van der Waals surface area (Å²) in [5, 5.41) is 3.30. The molecule has 0 spiro atoms. The van der Waals surface area contributed by atoms with Crippen LogP contribution in [-0.2, 0) is 6.54 Å². The van der Waals surface area contributed by atoms with Crippen molar-refractivity contribution < 1.29 is 9.13 Å². The van der Waals surface area contributed by atoms with Crippen LogP contribution >= 0.6 is 0 Å². The van der Waals surface area contributed by atoms with Crippen molar-refractivity contribution >= 4 is 11.4 Å². The van der Waals surface area contributed by atoms with Gasteiger partial charge in [0.15, 0.2) is 0 Å². The fourth-order valence-electron chi connectivity index (χ4n) is 2.14. The number of aromatic nitrogens is 1. The average molecular weight is 289 g/mol. The molecule has 2 aromatic rings. The molecule has 1 N–H and O–H groups in total. The van der Waals surface area contributed by atoms with E-state index in [0.717, 1.165) is 22.5 Å². The minimum atomic E-state index is -0.233. The Morgan fingerprint density at radius 3 is 2.71 bits per heavy atom. The lowest BCUT2D eigenvalue weighted by Gasteiger charge is -2.20. The number of halogens is 1. The number of aryl methyl sites for hydroxylation is 1. The molecule has 1 heterocycles. The van der Waals surface area contributed by atoms with Gasteiger partial charge in [0.1, 0.15) is 11.5 Å². The predicted molar refractivity (Wildman–Crippen MR) is 83.6 cm³/mol. The molecule has 5 heteroatoms. The minimum Gasteiger partial charge on any atom is -0.479 e. The fourth-order valence-corrected chi connectivity index (χ4v) is 2.14. The van der Waals surface area contributed by atoms with Crippen LogP contribution in [0.25, 0.3) is 0 Å². The van der Waals surface area contributed by atoms with E-state index in [9.17, 15) is 4.39 Å².